The molecule has 0 spiro atoms. The topological polar surface area (TPSA) is 0 Å². The Labute approximate surface area is 108 Å². The molecule has 0 amide bonds. The van der Waals surface area contributed by atoms with Gasteiger partial charge in [-0.25, -0.2) is 13.2 Å². The first kappa shape index (κ1) is 13.0. The summed E-state index contributed by atoms with van der Waals surface area (Å²) in [7, 11) is 0. The van der Waals surface area contributed by atoms with Gasteiger partial charge in [-0.05, 0) is 31.2 Å². The van der Waals surface area contributed by atoms with Crippen LogP contribution in [0.15, 0.2) is 36.4 Å². The smallest absolute Gasteiger partial charge is 0.128 e. The van der Waals surface area contributed by atoms with Crippen molar-refractivity contribution in [1.29, 1.82) is 0 Å². The second kappa shape index (κ2) is 5.02. The zero-order chi connectivity index (χ0) is 13.3. The fourth-order valence-electron chi connectivity index (χ4n) is 1.73. The van der Waals surface area contributed by atoms with E-state index in [-0.39, 0.29) is 11.1 Å². The lowest BCUT2D eigenvalue weighted by molar-refractivity contribution is 0.580. The van der Waals surface area contributed by atoms with Gasteiger partial charge in [-0.1, -0.05) is 17.7 Å². The molecule has 2 aromatic carbocycles. The van der Waals surface area contributed by atoms with Gasteiger partial charge in [0, 0.05) is 11.1 Å². The molecule has 1 unspecified atom stereocenters. The van der Waals surface area contributed by atoms with E-state index < -0.39 is 22.8 Å². The van der Waals surface area contributed by atoms with Crippen molar-refractivity contribution in [1.82, 2.24) is 0 Å². The molecule has 0 saturated heterocycles. The molecule has 0 aromatic heterocycles. The van der Waals surface area contributed by atoms with E-state index >= 15 is 0 Å². The fraction of sp³-hybridized carbons (Fsp3) is 0.143. The van der Waals surface area contributed by atoms with Gasteiger partial charge in [0.25, 0.3) is 0 Å². The number of rotatable bonds is 2. The molecule has 0 heterocycles. The zero-order valence-corrected chi connectivity index (χ0v) is 10.3. The van der Waals surface area contributed by atoms with Gasteiger partial charge in [0.1, 0.15) is 17.5 Å². The summed E-state index contributed by atoms with van der Waals surface area (Å²) in [5.41, 5.74) is 0.871. The van der Waals surface area contributed by atoms with E-state index in [1.165, 1.54) is 12.1 Å². The molecule has 2 rings (SSSR count). The van der Waals surface area contributed by atoms with Crippen molar-refractivity contribution in [3.63, 3.8) is 0 Å². The first-order valence-corrected chi connectivity index (χ1v) is 5.78. The van der Waals surface area contributed by atoms with E-state index in [2.05, 4.69) is 0 Å². The van der Waals surface area contributed by atoms with E-state index in [1.807, 2.05) is 0 Å². The fourth-order valence-corrected chi connectivity index (χ4v) is 2.07. The number of aryl methyl sites for hydroxylation is 1. The summed E-state index contributed by atoms with van der Waals surface area (Å²) in [6.07, 6.45) is 0. The Bertz CT molecular complexity index is 530. The highest BCUT2D eigenvalue weighted by Gasteiger charge is 2.19. The monoisotopic (exact) mass is 270 g/mol. The molecule has 18 heavy (non-hydrogen) atoms. The molecular weight excluding hydrogens is 261 g/mol. The van der Waals surface area contributed by atoms with Crippen LogP contribution in [-0.2, 0) is 0 Å². The van der Waals surface area contributed by atoms with E-state index in [1.54, 1.807) is 13.0 Å². The minimum absolute atomic E-state index is 0.0684. The average Bonchev–Trinajstić information content (AvgIpc) is 2.34. The summed E-state index contributed by atoms with van der Waals surface area (Å²) in [4.78, 5) is 0. The predicted molar refractivity (Wildman–Crippen MR) is 65.2 cm³/mol. The molecular formula is C14H10ClF3. The summed E-state index contributed by atoms with van der Waals surface area (Å²) >= 11 is 6.04. The van der Waals surface area contributed by atoms with Crippen molar-refractivity contribution in [3.05, 3.63) is 70.5 Å². The third kappa shape index (κ3) is 2.51. The van der Waals surface area contributed by atoms with E-state index in [0.717, 1.165) is 23.8 Å². The number of benzene rings is 2. The maximum absolute atomic E-state index is 13.6. The van der Waals surface area contributed by atoms with Crippen molar-refractivity contribution < 1.29 is 13.2 Å². The number of hydrogen-bond donors (Lipinski definition) is 0. The molecule has 94 valence electrons. The Morgan fingerprint density at radius 1 is 0.889 bits per heavy atom. The highest BCUT2D eigenvalue weighted by molar-refractivity contribution is 6.22. The molecule has 0 nitrogen and oxygen atoms in total. The van der Waals surface area contributed by atoms with Gasteiger partial charge < -0.3 is 0 Å². The van der Waals surface area contributed by atoms with Crippen LogP contribution in [0.3, 0.4) is 0 Å². The molecule has 0 aliphatic carbocycles. The van der Waals surface area contributed by atoms with E-state index in [4.69, 9.17) is 11.6 Å². The molecule has 1 atom stereocenters. The largest absolute Gasteiger partial charge is 0.207 e. The minimum atomic E-state index is -1.06. The Kier molecular flexibility index (Phi) is 3.62. The van der Waals surface area contributed by atoms with Crippen molar-refractivity contribution in [2.75, 3.05) is 0 Å². The van der Waals surface area contributed by atoms with Gasteiger partial charge in [0.05, 0.1) is 5.38 Å². The Morgan fingerprint density at radius 3 is 2.11 bits per heavy atom. The van der Waals surface area contributed by atoms with Gasteiger partial charge in [-0.2, -0.15) is 0 Å². The molecule has 0 fully saturated rings. The van der Waals surface area contributed by atoms with Crippen LogP contribution in [0, 0.1) is 24.4 Å². The lowest BCUT2D eigenvalue weighted by Crippen LogP contribution is -2.01. The predicted octanol–water partition coefficient (Wildman–Crippen LogP) is 4.74. The van der Waals surface area contributed by atoms with Gasteiger partial charge in [0.2, 0.25) is 0 Å². The summed E-state index contributed by atoms with van der Waals surface area (Å²) in [6, 6.07) is 7.33. The van der Waals surface area contributed by atoms with Crippen LogP contribution in [0.5, 0.6) is 0 Å². The van der Waals surface area contributed by atoms with Crippen LogP contribution in [0.2, 0.25) is 0 Å². The van der Waals surface area contributed by atoms with Crippen molar-refractivity contribution in [3.8, 4) is 0 Å². The van der Waals surface area contributed by atoms with Crippen molar-refractivity contribution >= 4 is 11.6 Å². The third-order valence-corrected chi connectivity index (χ3v) is 3.13. The Hall–Kier alpha value is -1.48. The SMILES string of the molecule is Cc1ccc(F)c(C(Cl)c2cc(F)ccc2F)c1. The Morgan fingerprint density at radius 2 is 1.44 bits per heavy atom. The van der Waals surface area contributed by atoms with Gasteiger partial charge in [0.15, 0.2) is 0 Å². The number of alkyl halides is 1. The van der Waals surface area contributed by atoms with Crippen LogP contribution in [-0.4, -0.2) is 0 Å². The van der Waals surface area contributed by atoms with Gasteiger partial charge >= 0.3 is 0 Å². The van der Waals surface area contributed by atoms with Crippen LogP contribution in [0.4, 0.5) is 13.2 Å². The lowest BCUT2D eigenvalue weighted by Gasteiger charge is -2.13. The highest BCUT2D eigenvalue weighted by atomic mass is 35.5. The second-order valence-corrected chi connectivity index (χ2v) is 4.49. The van der Waals surface area contributed by atoms with Crippen LogP contribution >= 0.6 is 11.6 Å². The quantitative estimate of drug-likeness (QED) is 0.692. The second-order valence-electron chi connectivity index (χ2n) is 4.05. The summed E-state index contributed by atoms with van der Waals surface area (Å²) in [5.74, 6) is -1.80. The molecule has 0 aliphatic heterocycles. The maximum Gasteiger partial charge on any atom is 0.128 e. The minimum Gasteiger partial charge on any atom is -0.207 e. The van der Waals surface area contributed by atoms with Crippen LogP contribution in [0.1, 0.15) is 22.1 Å². The van der Waals surface area contributed by atoms with Crippen LogP contribution < -0.4 is 0 Å². The van der Waals surface area contributed by atoms with Crippen molar-refractivity contribution in [2.45, 2.75) is 12.3 Å². The van der Waals surface area contributed by atoms with E-state index in [0.29, 0.717) is 0 Å². The third-order valence-electron chi connectivity index (χ3n) is 2.66. The zero-order valence-electron chi connectivity index (χ0n) is 9.55. The molecule has 0 aliphatic rings. The van der Waals surface area contributed by atoms with Crippen LogP contribution in [0.25, 0.3) is 0 Å². The number of hydrogen-bond acceptors (Lipinski definition) is 0. The molecule has 0 N–H and O–H groups in total. The standard InChI is InChI=1S/C14H10ClF3/c1-8-2-4-12(17)10(6-8)14(15)11-7-9(16)3-5-13(11)18/h2-7,14H,1H3. The summed E-state index contributed by atoms with van der Waals surface area (Å²) < 4.78 is 40.3. The normalized spacial score (nSPS) is 12.5. The van der Waals surface area contributed by atoms with Crippen molar-refractivity contribution in [2.24, 2.45) is 0 Å². The molecule has 0 radical (unpaired) electrons. The Balaban J connectivity index is 2.50. The van der Waals surface area contributed by atoms with Gasteiger partial charge in [-0.3, -0.25) is 0 Å². The highest BCUT2D eigenvalue weighted by Crippen LogP contribution is 2.33. The lowest BCUT2D eigenvalue weighted by atomic mass is 10.0. The first-order valence-electron chi connectivity index (χ1n) is 5.34. The van der Waals surface area contributed by atoms with Gasteiger partial charge in [-0.15, -0.1) is 11.6 Å². The maximum atomic E-state index is 13.6. The summed E-state index contributed by atoms with van der Waals surface area (Å²) in [5, 5.41) is -1.06. The van der Waals surface area contributed by atoms with E-state index in [9.17, 15) is 13.2 Å². The summed E-state index contributed by atoms with van der Waals surface area (Å²) in [6.45, 7) is 1.77. The average molecular weight is 271 g/mol. The molecule has 2 aromatic rings. The molecule has 0 saturated carbocycles. The number of halogens is 4. The molecule has 4 heteroatoms. The molecule has 0 bridgehead atoms. The first-order chi connectivity index (χ1) is 8.49.